The molecule has 6 nitrogen and oxygen atoms in total. The lowest BCUT2D eigenvalue weighted by Gasteiger charge is -2.13. The summed E-state index contributed by atoms with van der Waals surface area (Å²) in [6.45, 7) is 0. The maximum absolute atomic E-state index is 12.0. The summed E-state index contributed by atoms with van der Waals surface area (Å²) < 4.78 is 0. The van der Waals surface area contributed by atoms with E-state index in [-0.39, 0.29) is 5.56 Å². The third kappa shape index (κ3) is 3.87. The first-order valence-electron chi connectivity index (χ1n) is 8.80. The first-order valence-corrected chi connectivity index (χ1v) is 9.68. The van der Waals surface area contributed by atoms with Gasteiger partial charge in [0.15, 0.2) is 0 Å². The van der Waals surface area contributed by atoms with Crippen molar-refractivity contribution < 1.29 is 14.7 Å². The second-order valence-corrected chi connectivity index (χ2v) is 7.03. The van der Waals surface area contributed by atoms with E-state index in [1.807, 2.05) is 53.9 Å². The van der Waals surface area contributed by atoms with E-state index in [9.17, 15) is 9.90 Å². The molecule has 2 aromatic carbocycles. The topological polar surface area (TPSA) is 84.3 Å². The molecule has 0 aliphatic carbocycles. The van der Waals surface area contributed by atoms with E-state index in [2.05, 4.69) is 15.4 Å². The van der Waals surface area contributed by atoms with Crippen LogP contribution in [0.25, 0.3) is 33.1 Å². The Balaban J connectivity index is 1.76. The van der Waals surface area contributed by atoms with Crippen LogP contribution < -0.4 is 5.48 Å². The number of hydrogen-bond acceptors (Lipinski definition) is 6. The largest absolute Gasteiger partial charge is 0.478 e. The number of benzene rings is 2. The third-order valence-electron chi connectivity index (χ3n) is 4.36. The molecule has 0 aliphatic heterocycles. The lowest BCUT2D eigenvalue weighted by molar-refractivity contribution is 0.0698. The molecule has 29 heavy (non-hydrogen) atoms. The number of rotatable bonds is 6. The molecule has 0 saturated heterocycles. The first-order chi connectivity index (χ1) is 14.2. The minimum Gasteiger partial charge on any atom is -0.478 e. The number of nitrogens with zero attached hydrogens (tertiary/aromatic N) is 2. The van der Waals surface area contributed by atoms with E-state index >= 15 is 0 Å². The average molecular weight is 403 g/mol. The molecule has 2 heterocycles. The minimum absolute atomic E-state index is 0.197. The fourth-order valence-corrected chi connectivity index (χ4v) is 3.86. The van der Waals surface area contributed by atoms with Crippen LogP contribution in [0.5, 0.6) is 0 Å². The van der Waals surface area contributed by atoms with E-state index < -0.39 is 5.97 Å². The van der Waals surface area contributed by atoms with Gasteiger partial charge < -0.3 is 5.11 Å². The number of pyridine rings is 1. The van der Waals surface area contributed by atoms with E-state index in [4.69, 9.17) is 4.84 Å². The van der Waals surface area contributed by atoms with Crippen molar-refractivity contribution in [2.45, 2.75) is 0 Å². The van der Waals surface area contributed by atoms with Crippen molar-refractivity contribution in [1.29, 1.82) is 0 Å². The smallest absolute Gasteiger partial charge is 0.336 e. The Morgan fingerprint density at radius 3 is 2.62 bits per heavy atom. The Kier molecular flexibility index (Phi) is 5.33. The van der Waals surface area contributed by atoms with Crippen LogP contribution in [0.15, 0.2) is 72.2 Å². The average Bonchev–Trinajstić information content (AvgIpc) is 3.25. The second kappa shape index (κ2) is 8.22. The van der Waals surface area contributed by atoms with Crippen molar-refractivity contribution in [2.75, 3.05) is 12.6 Å². The van der Waals surface area contributed by atoms with Gasteiger partial charge in [-0.05, 0) is 29.8 Å². The summed E-state index contributed by atoms with van der Waals surface area (Å²) in [5.74, 6) is -1.00. The van der Waals surface area contributed by atoms with Gasteiger partial charge in [0.1, 0.15) is 10.7 Å². The van der Waals surface area contributed by atoms with Gasteiger partial charge in [0.25, 0.3) is 0 Å². The molecule has 144 valence electrons. The summed E-state index contributed by atoms with van der Waals surface area (Å²) in [6.07, 6.45) is 1.72. The zero-order valence-electron chi connectivity index (χ0n) is 15.5. The summed E-state index contributed by atoms with van der Waals surface area (Å²) in [5, 5.41) is 12.5. The number of carboxylic acid groups (broad SMARTS) is 1. The molecule has 4 rings (SSSR count). The van der Waals surface area contributed by atoms with E-state index in [0.29, 0.717) is 11.3 Å². The number of thiazole rings is 1. The standard InChI is InChI=1S/C22H17N3O3S/c1-28-25-18-7-3-2-6-16(18)15-10-9-14(12-17(15)22(26)27)21-24-20(13-29-21)19-8-4-5-11-23-19/h2-13,25H,1H3,(H,26,27). The van der Waals surface area contributed by atoms with Gasteiger partial charge in [0.05, 0.1) is 24.1 Å². The van der Waals surface area contributed by atoms with Crippen molar-refractivity contribution in [3.05, 3.63) is 77.8 Å². The van der Waals surface area contributed by atoms with Crippen LogP contribution in [0.1, 0.15) is 10.4 Å². The van der Waals surface area contributed by atoms with Crippen molar-refractivity contribution in [3.63, 3.8) is 0 Å². The fourth-order valence-electron chi connectivity index (χ4n) is 3.04. The van der Waals surface area contributed by atoms with Crippen molar-refractivity contribution in [1.82, 2.24) is 9.97 Å². The Bertz CT molecular complexity index is 1160. The molecule has 2 aromatic heterocycles. The summed E-state index contributed by atoms with van der Waals surface area (Å²) in [7, 11) is 1.51. The van der Waals surface area contributed by atoms with Crippen molar-refractivity contribution in [2.24, 2.45) is 0 Å². The van der Waals surface area contributed by atoms with Crippen LogP contribution in [0, 0.1) is 0 Å². The van der Waals surface area contributed by atoms with Gasteiger partial charge >= 0.3 is 5.97 Å². The monoisotopic (exact) mass is 403 g/mol. The number of hydrogen-bond donors (Lipinski definition) is 2. The predicted octanol–water partition coefficient (Wildman–Crippen LogP) is 5.21. The van der Waals surface area contributed by atoms with Gasteiger partial charge in [-0.3, -0.25) is 15.3 Å². The lowest BCUT2D eigenvalue weighted by atomic mass is 9.96. The molecule has 2 N–H and O–H groups in total. The zero-order chi connectivity index (χ0) is 20.2. The molecule has 0 spiro atoms. The number of carbonyl (C=O) groups is 1. The molecule has 4 aromatic rings. The summed E-state index contributed by atoms with van der Waals surface area (Å²) >= 11 is 1.45. The number of aromatic nitrogens is 2. The lowest BCUT2D eigenvalue weighted by Crippen LogP contribution is -2.03. The van der Waals surface area contributed by atoms with Crippen LogP contribution in [0.2, 0.25) is 0 Å². The molecule has 0 fully saturated rings. The van der Waals surface area contributed by atoms with Crippen molar-refractivity contribution >= 4 is 23.0 Å². The molecule has 0 saturated carbocycles. The molecule has 0 amide bonds. The van der Waals surface area contributed by atoms with Crippen LogP contribution >= 0.6 is 11.3 Å². The van der Waals surface area contributed by atoms with Gasteiger partial charge in [0, 0.05) is 22.7 Å². The Morgan fingerprint density at radius 1 is 1.03 bits per heavy atom. The van der Waals surface area contributed by atoms with Crippen LogP contribution in [-0.4, -0.2) is 28.2 Å². The molecule has 0 radical (unpaired) electrons. The quantitative estimate of drug-likeness (QED) is 0.430. The van der Waals surface area contributed by atoms with Crippen LogP contribution in [0.4, 0.5) is 5.69 Å². The van der Waals surface area contributed by atoms with E-state index in [0.717, 1.165) is 27.5 Å². The molecule has 0 bridgehead atoms. The number of anilines is 1. The van der Waals surface area contributed by atoms with Crippen molar-refractivity contribution in [3.8, 4) is 33.1 Å². The summed E-state index contributed by atoms with van der Waals surface area (Å²) in [6, 6.07) is 18.4. The van der Waals surface area contributed by atoms with Gasteiger partial charge in [-0.25, -0.2) is 9.78 Å². The molecule has 0 unspecified atom stereocenters. The van der Waals surface area contributed by atoms with E-state index in [1.165, 1.54) is 18.4 Å². The second-order valence-electron chi connectivity index (χ2n) is 6.17. The molecule has 0 atom stereocenters. The van der Waals surface area contributed by atoms with Gasteiger partial charge in [-0.2, -0.15) is 0 Å². The van der Waals surface area contributed by atoms with Gasteiger partial charge in [-0.15, -0.1) is 11.3 Å². The highest BCUT2D eigenvalue weighted by Gasteiger charge is 2.17. The van der Waals surface area contributed by atoms with Crippen LogP contribution in [-0.2, 0) is 4.84 Å². The minimum atomic E-state index is -1.00. The highest BCUT2D eigenvalue weighted by Crippen LogP contribution is 2.35. The predicted molar refractivity (Wildman–Crippen MR) is 114 cm³/mol. The van der Waals surface area contributed by atoms with Gasteiger partial charge in [0.2, 0.25) is 0 Å². The first kappa shape index (κ1) is 18.8. The fraction of sp³-hybridized carbons (Fsp3) is 0.0455. The third-order valence-corrected chi connectivity index (χ3v) is 5.25. The highest BCUT2D eigenvalue weighted by atomic mass is 32.1. The number of aromatic carboxylic acids is 1. The Morgan fingerprint density at radius 2 is 1.86 bits per heavy atom. The molecular formula is C22H17N3O3S. The number of para-hydroxylation sites is 1. The summed E-state index contributed by atoms with van der Waals surface area (Å²) in [5.41, 5.74) is 7.32. The number of nitrogens with one attached hydrogen (secondary N) is 1. The Labute approximate surface area is 171 Å². The maximum Gasteiger partial charge on any atom is 0.336 e. The SMILES string of the molecule is CONc1ccccc1-c1ccc(-c2nc(-c3ccccn3)cs2)cc1C(=O)O. The van der Waals surface area contributed by atoms with Crippen LogP contribution in [0.3, 0.4) is 0 Å². The van der Waals surface area contributed by atoms with E-state index in [1.54, 1.807) is 18.3 Å². The zero-order valence-corrected chi connectivity index (χ0v) is 16.3. The normalized spacial score (nSPS) is 10.7. The van der Waals surface area contributed by atoms with Gasteiger partial charge in [-0.1, -0.05) is 36.4 Å². The highest BCUT2D eigenvalue weighted by molar-refractivity contribution is 7.13. The Hall–Kier alpha value is -3.55. The molecule has 7 heteroatoms. The number of carboxylic acids is 1. The summed E-state index contributed by atoms with van der Waals surface area (Å²) in [4.78, 5) is 26.0. The maximum atomic E-state index is 12.0. The molecular weight excluding hydrogens is 386 g/mol. The molecule has 0 aliphatic rings.